The number of carbonyl (C=O) groups is 1. The average molecular weight is 425 g/mol. The van der Waals surface area contributed by atoms with E-state index in [9.17, 15) is 9.70 Å². The molecule has 6 nitrogen and oxygen atoms in total. The maximum atomic E-state index is 12.3. The Morgan fingerprint density at radius 3 is 2.37 bits per heavy atom. The molecule has 0 fully saturated rings. The van der Waals surface area contributed by atoms with E-state index in [1.165, 1.54) is 10.7 Å². The zero-order chi connectivity index (χ0) is 19.6. The smallest absolute Gasteiger partial charge is 0.361 e. The van der Waals surface area contributed by atoms with E-state index in [2.05, 4.69) is 10.3 Å². The van der Waals surface area contributed by atoms with Crippen molar-refractivity contribution >= 4 is 46.5 Å². The van der Waals surface area contributed by atoms with Crippen LogP contribution in [0.4, 0.5) is 5.69 Å². The summed E-state index contributed by atoms with van der Waals surface area (Å²) in [6.45, 7) is 1.78. The third-order valence-electron chi connectivity index (χ3n) is 3.68. The molecule has 0 aliphatic carbocycles. The molecule has 0 bridgehead atoms. The van der Waals surface area contributed by atoms with Crippen LogP contribution in [0.3, 0.4) is 0 Å². The number of carbonyl (C=O) groups excluding carboxylic acids is 1. The molecule has 0 spiro atoms. The van der Waals surface area contributed by atoms with Crippen molar-refractivity contribution < 1.29 is 9.53 Å². The molecule has 0 saturated carbocycles. The van der Waals surface area contributed by atoms with Crippen LogP contribution >= 0.6 is 34.8 Å². The van der Waals surface area contributed by atoms with Gasteiger partial charge in [-0.1, -0.05) is 46.9 Å². The minimum atomic E-state index is -0.758. The predicted molar refractivity (Wildman–Crippen MR) is 105 cm³/mol. The fraction of sp³-hybridized carbons (Fsp3) is 0.111. The maximum Gasteiger partial charge on any atom is 0.361 e. The van der Waals surface area contributed by atoms with Gasteiger partial charge >= 0.3 is 5.97 Å². The van der Waals surface area contributed by atoms with Crippen LogP contribution in [0, 0.1) is 4.91 Å². The summed E-state index contributed by atoms with van der Waals surface area (Å²) in [6, 6.07) is 11.4. The van der Waals surface area contributed by atoms with Crippen LogP contribution in [-0.4, -0.2) is 22.4 Å². The molecule has 0 amide bonds. The number of ether oxygens (including phenoxy) is 1. The van der Waals surface area contributed by atoms with Gasteiger partial charge in [-0.05, 0) is 42.4 Å². The molecule has 9 heteroatoms. The Morgan fingerprint density at radius 1 is 1.11 bits per heavy atom. The Labute approximate surface area is 169 Å². The molecule has 0 saturated heterocycles. The Hall–Kier alpha value is -2.41. The van der Waals surface area contributed by atoms with E-state index in [1.807, 2.05) is 0 Å². The number of hydrogen-bond acceptors (Lipinski definition) is 5. The molecule has 3 aromatic rings. The summed E-state index contributed by atoms with van der Waals surface area (Å²) in [4.78, 5) is 23.9. The molecule has 2 aromatic carbocycles. The molecular weight excluding hydrogens is 413 g/mol. The van der Waals surface area contributed by atoms with Crippen LogP contribution in [0.1, 0.15) is 17.4 Å². The second kappa shape index (κ2) is 8.08. The summed E-state index contributed by atoms with van der Waals surface area (Å²) in [5.41, 5.74) is 0.924. The molecule has 0 N–H and O–H groups in total. The molecule has 27 heavy (non-hydrogen) atoms. The lowest BCUT2D eigenvalue weighted by atomic mass is 10.1. The average Bonchev–Trinajstić information content (AvgIpc) is 3.02. The zero-order valence-corrected chi connectivity index (χ0v) is 16.2. The van der Waals surface area contributed by atoms with Gasteiger partial charge in [0.1, 0.15) is 5.69 Å². The zero-order valence-electron chi connectivity index (χ0n) is 13.9. The van der Waals surface area contributed by atoms with Gasteiger partial charge in [0.2, 0.25) is 5.69 Å². The fourth-order valence-corrected chi connectivity index (χ4v) is 3.14. The number of hydrogen-bond donors (Lipinski definition) is 0. The van der Waals surface area contributed by atoms with Crippen molar-refractivity contribution in [3.05, 3.63) is 68.1 Å². The lowest BCUT2D eigenvalue weighted by Gasteiger charge is -2.10. The summed E-state index contributed by atoms with van der Waals surface area (Å²) < 4.78 is 6.36. The van der Waals surface area contributed by atoms with Crippen molar-refractivity contribution in [2.24, 2.45) is 5.18 Å². The summed E-state index contributed by atoms with van der Waals surface area (Å²) in [7, 11) is 0. The number of rotatable bonds is 5. The normalized spacial score (nSPS) is 10.7. The Bertz CT molecular complexity index is 1020. The first-order chi connectivity index (χ1) is 13.0. The summed E-state index contributed by atoms with van der Waals surface area (Å²) >= 11 is 18.2. The van der Waals surface area contributed by atoms with Gasteiger partial charge < -0.3 is 4.74 Å². The van der Waals surface area contributed by atoms with E-state index in [0.717, 1.165) is 0 Å². The molecule has 1 heterocycles. The second-order valence-electron chi connectivity index (χ2n) is 5.37. The largest absolute Gasteiger partial charge is 0.461 e. The van der Waals surface area contributed by atoms with Crippen LogP contribution in [-0.2, 0) is 4.74 Å². The van der Waals surface area contributed by atoms with Crippen molar-refractivity contribution in [1.29, 1.82) is 0 Å². The number of nitrogens with zero attached hydrogens (tertiary/aromatic N) is 3. The summed E-state index contributed by atoms with van der Waals surface area (Å²) in [5, 5.41) is 8.51. The molecule has 0 atom stereocenters. The van der Waals surface area contributed by atoms with E-state index in [0.29, 0.717) is 21.3 Å². The van der Waals surface area contributed by atoms with Gasteiger partial charge in [-0.25, -0.2) is 9.48 Å². The topological polar surface area (TPSA) is 73.5 Å². The monoisotopic (exact) mass is 423 g/mol. The highest BCUT2D eigenvalue weighted by Crippen LogP contribution is 2.38. The Morgan fingerprint density at radius 2 is 1.78 bits per heavy atom. The fourth-order valence-electron chi connectivity index (χ4n) is 2.53. The quantitative estimate of drug-likeness (QED) is 0.368. The molecular formula is C18H12Cl3N3O3. The van der Waals surface area contributed by atoms with Crippen LogP contribution in [0.15, 0.2) is 47.6 Å². The highest BCUT2D eigenvalue weighted by atomic mass is 35.5. The number of aromatic nitrogens is 2. The van der Waals surface area contributed by atoms with Gasteiger partial charge in [-0.2, -0.15) is 5.10 Å². The summed E-state index contributed by atoms with van der Waals surface area (Å²) in [5.74, 6) is -0.758. The van der Waals surface area contributed by atoms with Crippen molar-refractivity contribution in [1.82, 2.24) is 9.78 Å². The number of benzene rings is 2. The van der Waals surface area contributed by atoms with E-state index < -0.39 is 5.97 Å². The van der Waals surface area contributed by atoms with E-state index in [1.54, 1.807) is 43.3 Å². The SMILES string of the molecule is CCOC(=O)c1nn(-c2ccc(Cl)cc2Cl)c(-c2ccc(Cl)cc2)c1N=O. The van der Waals surface area contributed by atoms with Crippen LogP contribution in [0.2, 0.25) is 15.1 Å². The first kappa shape index (κ1) is 19.4. The van der Waals surface area contributed by atoms with E-state index in [-0.39, 0.29) is 28.7 Å². The van der Waals surface area contributed by atoms with Crippen molar-refractivity contribution in [3.8, 4) is 16.9 Å². The maximum absolute atomic E-state index is 12.3. The minimum Gasteiger partial charge on any atom is -0.461 e. The molecule has 1 aromatic heterocycles. The highest BCUT2D eigenvalue weighted by molar-refractivity contribution is 6.35. The highest BCUT2D eigenvalue weighted by Gasteiger charge is 2.27. The number of esters is 1. The van der Waals surface area contributed by atoms with E-state index >= 15 is 0 Å². The molecule has 0 unspecified atom stereocenters. The summed E-state index contributed by atoms with van der Waals surface area (Å²) in [6.07, 6.45) is 0. The molecule has 0 aliphatic rings. The Balaban J connectivity index is 2.32. The second-order valence-corrected chi connectivity index (χ2v) is 6.65. The first-order valence-corrected chi connectivity index (χ1v) is 8.94. The predicted octanol–water partition coefficient (Wildman–Crippen LogP) is 6.07. The standard InChI is InChI=1S/C18H12Cl3N3O3/c1-2-27-18(25)16-15(23-26)17(10-3-5-11(19)6-4-10)24(22-16)14-8-7-12(20)9-13(14)21/h3-9H,2H2,1H3. The first-order valence-electron chi connectivity index (χ1n) is 7.81. The van der Waals surface area contributed by atoms with Crippen LogP contribution in [0.5, 0.6) is 0 Å². The van der Waals surface area contributed by atoms with Crippen molar-refractivity contribution in [3.63, 3.8) is 0 Å². The lowest BCUT2D eigenvalue weighted by molar-refractivity contribution is 0.0520. The third-order valence-corrected chi connectivity index (χ3v) is 4.47. The van der Waals surface area contributed by atoms with Gasteiger partial charge in [0.05, 0.1) is 17.3 Å². The van der Waals surface area contributed by atoms with E-state index in [4.69, 9.17) is 39.5 Å². The van der Waals surface area contributed by atoms with Crippen LogP contribution < -0.4 is 0 Å². The molecule has 0 radical (unpaired) electrons. The van der Waals surface area contributed by atoms with Crippen LogP contribution in [0.25, 0.3) is 16.9 Å². The van der Waals surface area contributed by atoms with Crippen molar-refractivity contribution in [2.45, 2.75) is 6.92 Å². The Kier molecular flexibility index (Phi) is 5.79. The molecule has 0 aliphatic heterocycles. The van der Waals surface area contributed by atoms with Gasteiger partial charge in [0.25, 0.3) is 0 Å². The van der Waals surface area contributed by atoms with Crippen molar-refractivity contribution in [2.75, 3.05) is 6.61 Å². The van der Waals surface area contributed by atoms with Gasteiger partial charge in [0, 0.05) is 15.6 Å². The van der Waals surface area contributed by atoms with Gasteiger partial charge in [-0.15, -0.1) is 4.91 Å². The van der Waals surface area contributed by atoms with Gasteiger partial charge in [-0.3, -0.25) is 0 Å². The number of halogens is 3. The molecule has 3 rings (SSSR count). The molecule has 138 valence electrons. The lowest BCUT2D eigenvalue weighted by Crippen LogP contribution is -2.07. The van der Waals surface area contributed by atoms with Gasteiger partial charge in [0.15, 0.2) is 5.69 Å². The number of nitroso groups, excluding NO2 is 1. The minimum absolute atomic E-state index is 0.127. The third kappa shape index (κ3) is 3.83.